The number of nitrogen functional groups attached to an aromatic ring is 1. The summed E-state index contributed by atoms with van der Waals surface area (Å²) >= 11 is 0. The van der Waals surface area contributed by atoms with E-state index in [0.717, 1.165) is 12.8 Å². The van der Waals surface area contributed by atoms with Gasteiger partial charge in [-0.3, -0.25) is 0 Å². The van der Waals surface area contributed by atoms with E-state index in [1.807, 2.05) is 0 Å². The quantitative estimate of drug-likeness (QED) is 0.424. The smallest absolute Gasteiger partial charge is 0.338 e. The van der Waals surface area contributed by atoms with Crippen LogP contribution in [0.15, 0.2) is 18.2 Å². The Balaban J connectivity index is 2.30. The van der Waals surface area contributed by atoms with Crippen LogP contribution in [0.1, 0.15) is 55.8 Å². The van der Waals surface area contributed by atoms with Gasteiger partial charge in [0.25, 0.3) is 0 Å². The molecule has 0 aliphatic rings. The van der Waals surface area contributed by atoms with Gasteiger partial charge in [-0.1, -0.05) is 39.0 Å². The summed E-state index contributed by atoms with van der Waals surface area (Å²) in [6, 6.07) is 4.91. The molecule has 20 heavy (non-hydrogen) atoms. The van der Waals surface area contributed by atoms with Gasteiger partial charge in [0.05, 0.1) is 19.3 Å². The van der Waals surface area contributed by atoms with Crippen LogP contribution in [-0.4, -0.2) is 19.7 Å². The molecule has 4 nitrogen and oxygen atoms in total. The lowest BCUT2D eigenvalue weighted by molar-refractivity contribution is 0.0497. The minimum atomic E-state index is -0.343. The molecule has 112 valence electrons. The highest BCUT2D eigenvalue weighted by atomic mass is 16.5. The van der Waals surface area contributed by atoms with Gasteiger partial charge in [0, 0.05) is 11.8 Å². The van der Waals surface area contributed by atoms with Gasteiger partial charge in [0.15, 0.2) is 0 Å². The van der Waals surface area contributed by atoms with Crippen molar-refractivity contribution in [1.82, 2.24) is 0 Å². The second-order valence-electron chi connectivity index (χ2n) is 4.90. The highest BCUT2D eigenvalue weighted by molar-refractivity contribution is 5.91. The topological polar surface area (TPSA) is 61.5 Å². The van der Waals surface area contributed by atoms with E-state index in [9.17, 15) is 4.79 Å². The van der Waals surface area contributed by atoms with Crippen LogP contribution in [0.2, 0.25) is 0 Å². The zero-order valence-electron chi connectivity index (χ0n) is 12.5. The van der Waals surface area contributed by atoms with Crippen molar-refractivity contribution in [1.29, 1.82) is 0 Å². The molecule has 0 spiro atoms. The zero-order valence-corrected chi connectivity index (χ0v) is 12.5. The molecule has 0 fully saturated rings. The molecule has 0 saturated heterocycles. The third kappa shape index (κ3) is 5.95. The number of unbranched alkanes of at least 4 members (excludes halogenated alkanes) is 5. The molecular formula is C16H25NO3. The molecule has 0 radical (unpaired) electrons. The van der Waals surface area contributed by atoms with Gasteiger partial charge >= 0.3 is 5.97 Å². The molecule has 0 amide bonds. The van der Waals surface area contributed by atoms with Gasteiger partial charge < -0.3 is 15.2 Å². The number of esters is 1. The molecule has 0 aliphatic carbocycles. The Morgan fingerprint density at radius 3 is 2.50 bits per heavy atom. The average molecular weight is 279 g/mol. The number of hydrogen-bond acceptors (Lipinski definition) is 4. The Kier molecular flexibility index (Phi) is 7.55. The van der Waals surface area contributed by atoms with Crippen LogP contribution in [0.4, 0.5) is 5.69 Å². The molecule has 0 aliphatic heterocycles. The number of carbonyl (C=O) groups is 1. The maximum Gasteiger partial charge on any atom is 0.338 e. The first-order valence-electron chi connectivity index (χ1n) is 7.29. The number of ether oxygens (including phenoxy) is 2. The van der Waals surface area contributed by atoms with Gasteiger partial charge in [-0.15, -0.1) is 0 Å². The molecule has 0 heterocycles. The van der Waals surface area contributed by atoms with E-state index in [1.54, 1.807) is 25.3 Å². The van der Waals surface area contributed by atoms with E-state index in [2.05, 4.69) is 6.92 Å². The number of carbonyl (C=O) groups excluding carboxylic acids is 1. The van der Waals surface area contributed by atoms with Crippen LogP contribution in [0.25, 0.3) is 0 Å². The van der Waals surface area contributed by atoms with Crippen LogP contribution < -0.4 is 10.5 Å². The van der Waals surface area contributed by atoms with Crippen molar-refractivity contribution in [2.75, 3.05) is 19.5 Å². The van der Waals surface area contributed by atoms with Gasteiger partial charge in [-0.05, 0) is 18.6 Å². The molecular weight excluding hydrogens is 254 g/mol. The summed E-state index contributed by atoms with van der Waals surface area (Å²) in [4.78, 5) is 11.9. The fraction of sp³-hybridized carbons (Fsp3) is 0.562. The normalized spacial score (nSPS) is 10.3. The number of rotatable bonds is 9. The largest absolute Gasteiger partial charge is 0.497 e. The summed E-state index contributed by atoms with van der Waals surface area (Å²) < 4.78 is 10.3. The molecule has 0 saturated carbocycles. The molecule has 1 aromatic rings. The molecule has 1 aromatic carbocycles. The van der Waals surface area contributed by atoms with Crippen molar-refractivity contribution >= 4 is 11.7 Å². The standard InChI is InChI=1S/C16H25NO3/c1-3-4-5-6-7-8-9-20-16(18)13-10-14(17)12-15(11-13)19-2/h10-12H,3-9,17H2,1-2H3. The third-order valence-electron chi connectivity index (χ3n) is 3.13. The maximum absolute atomic E-state index is 11.9. The maximum atomic E-state index is 11.9. The van der Waals surface area contributed by atoms with Crippen molar-refractivity contribution in [2.24, 2.45) is 0 Å². The monoisotopic (exact) mass is 279 g/mol. The van der Waals surface area contributed by atoms with Crippen LogP contribution in [-0.2, 0) is 4.74 Å². The summed E-state index contributed by atoms with van der Waals surface area (Å²) in [6.07, 6.45) is 7.01. The van der Waals surface area contributed by atoms with Gasteiger partial charge in [0.1, 0.15) is 5.75 Å². The number of nitrogens with two attached hydrogens (primary N) is 1. The average Bonchev–Trinajstić information content (AvgIpc) is 2.45. The first-order chi connectivity index (χ1) is 9.67. The Hall–Kier alpha value is -1.71. The third-order valence-corrected chi connectivity index (χ3v) is 3.13. The number of anilines is 1. The van der Waals surface area contributed by atoms with Crippen molar-refractivity contribution in [3.63, 3.8) is 0 Å². The van der Waals surface area contributed by atoms with Crippen LogP contribution >= 0.6 is 0 Å². The summed E-state index contributed by atoms with van der Waals surface area (Å²) in [5.41, 5.74) is 6.64. The number of benzene rings is 1. The van der Waals surface area contributed by atoms with Gasteiger partial charge in [0.2, 0.25) is 0 Å². The van der Waals surface area contributed by atoms with E-state index in [4.69, 9.17) is 15.2 Å². The van der Waals surface area contributed by atoms with Crippen molar-refractivity contribution in [3.8, 4) is 5.75 Å². The van der Waals surface area contributed by atoms with E-state index >= 15 is 0 Å². The zero-order chi connectivity index (χ0) is 14.8. The predicted molar refractivity (Wildman–Crippen MR) is 81.1 cm³/mol. The Labute approximate surface area is 121 Å². The minimum absolute atomic E-state index is 0.343. The van der Waals surface area contributed by atoms with E-state index in [1.165, 1.54) is 25.7 Å². The van der Waals surface area contributed by atoms with E-state index < -0.39 is 0 Å². The second kappa shape index (κ2) is 9.23. The number of methoxy groups -OCH3 is 1. The molecule has 0 unspecified atom stereocenters. The second-order valence-corrected chi connectivity index (χ2v) is 4.90. The first-order valence-corrected chi connectivity index (χ1v) is 7.29. The molecule has 0 bridgehead atoms. The molecule has 0 aromatic heterocycles. The van der Waals surface area contributed by atoms with Crippen molar-refractivity contribution < 1.29 is 14.3 Å². The van der Waals surface area contributed by atoms with Crippen molar-refractivity contribution in [2.45, 2.75) is 45.4 Å². The van der Waals surface area contributed by atoms with E-state index in [-0.39, 0.29) is 5.97 Å². The van der Waals surface area contributed by atoms with E-state index in [0.29, 0.717) is 23.6 Å². The lowest BCUT2D eigenvalue weighted by Gasteiger charge is -2.07. The summed E-state index contributed by atoms with van der Waals surface area (Å²) in [5, 5.41) is 0. The Bertz CT molecular complexity index is 418. The molecule has 4 heteroatoms. The Morgan fingerprint density at radius 2 is 1.80 bits per heavy atom. The molecule has 0 atom stereocenters. The minimum Gasteiger partial charge on any atom is -0.497 e. The predicted octanol–water partition coefficient (Wildman–Crippen LogP) is 3.79. The van der Waals surface area contributed by atoms with Crippen molar-refractivity contribution in [3.05, 3.63) is 23.8 Å². The fourth-order valence-electron chi connectivity index (χ4n) is 1.99. The Morgan fingerprint density at radius 1 is 1.10 bits per heavy atom. The fourth-order valence-corrected chi connectivity index (χ4v) is 1.99. The van der Waals surface area contributed by atoms with Gasteiger partial charge in [-0.25, -0.2) is 4.79 Å². The summed E-state index contributed by atoms with van der Waals surface area (Å²) in [7, 11) is 1.54. The highest BCUT2D eigenvalue weighted by Crippen LogP contribution is 2.19. The van der Waals surface area contributed by atoms with Crippen LogP contribution in [0.3, 0.4) is 0 Å². The highest BCUT2D eigenvalue weighted by Gasteiger charge is 2.09. The molecule has 2 N–H and O–H groups in total. The first kappa shape index (κ1) is 16.3. The summed E-state index contributed by atoms with van der Waals surface area (Å²) in [5.74, 6) is 0.223. The SMILES string of the molecule is CCCCCCCCOC(=O)c1cc(N)cc(OC)c1. The lowest BCUT2D eigenvalue weighted by atomic mass is 10.1. The van der Waals surface area contributed by atoms with Crippen LogP contribution in [0.5, 0.6) is 5.75 Å². The number of hydrogen-bond donors (Lipinski definition) is 1. The summed E-state index contributed by atoms with van der Waals surface area (Å²) in [6.45, 7) is 2.66. The van der Waals surface area contributed by atoms with Crippen LogP contribution in [0, 0.1) is 0 Å². The van der Waals surface area contributed by atoms with Gasteiger partial charge in [-0.2, -0.15) is 0 Å². The lowest BCUT2D eigenvalue weighted by Crippen LogP contribution is -2.07. The molecule has 1 rings (SSSR count).